The van der Waals surface area contributed by atoms with Gasteiger partial charge in [-0.25, -0.2) is 13.1 Å². The van der Waals surface area contributed by atoms with Gasteiger partial charge in [0, 0.05) is 25.2 Å². The van der Waals surface area contributed by atoms with E-state index in [1.807, 2.05) is 13.8 Å². The molecule has 1 aromatic rings. The quantitative estimate of drug-likeness (QED) is 0.807. The summed E-state index contributed by atoms with van der Waals surface area (Å²) in [4.78, 5) is 0.155. The number of nitrogens with zero attached hydrogens (tertiary/aromatic N) is 2. The molecule has 0 saturated heterocycles. The molecule has 16 heavy (non-hydrogen) atoms. The highest BCUT2D eigenvalue weighted by Crippen LogP contribution is 2.10. The van der Waals surface area contributed by atoms with Gasteiger partial charge in [-0.3, -0.25) is 4.68 Å². The lowest BCUT2D eigenvalue weighted by Crippen LogP contribution is -2.31. The summed E-state index contributed by atoms with van der Waals surface area (Å²) < 4.78 is 27.4. The molecule has 1 atom stereocenters. The summed E-state index contributed by atoms with van der Waals surface area (Å²) >= 11 is 5.97. The molecule has 0 aromatic carbocycles. The Morgan fingerprint density at radius 1 is 1.56 bits per heavy atom. The average molecular weight is 266 g/mol. The number of nitrogens with one attached hydrogen (secondary N) is 1. The van der Waals surface area contributed by atoms with Crippen LogP contribution in [0.5, 0.6) is 0 Å². The Labute approximate surface area is 101 Å². The summed E-state index contributed by atoms with van der Waals surface area (Å²) in [5, 5.41) is 3.59. The van der Waals surface area contributed by atoms with Crippen LogP contribution in [0.3, 0.4) is 0 Å². The Hall–Kier alpha value is -0.590. The summed E-state index contributed by atoms with van der Waals surface area (Å²) in [5.41, 5.74) is 0. The summed E-state index contributed by atoms with van der Waals surface area (Å²) in [5.74, 6) is 0.221. The van der Waals surface area contributed by atoms with Crippen LogP contribution < -0.4 is 4.72 Å². The van der Waals surface area contributed by atoms with Crippen LogP contribution in [0.4, 0.5) is 0 Å². The Bertz CT molecular complexity index is 441. The molecule has 0 radical (unpaired) electrons. The molecule has 7 heteroatoms. The van der Waals surface area contributed by atoms with Gasteiger partial charge in [-0.2, -0.15) is 5.10 Å². The smallest absolute Gasteiger partial charge is 0.243 e. The SMILES string of the molecule is CC(C)C(Cl)CNS(=O)(=O)c1cnn(C)c1. The van der Waals surface area contributed by atoms with Gasteiger partial charge in [0.2, 0.25) is 10.0 Å². The van der Waals surface area contributed by atoms with E-state index in [0.717, 1.165) is 0 Å². The maximum Gasteiger partial charge on any atom is 0.243 e. The van der Waals surface area contributed by atoms with Gasteiger partial charge in [0.25, 0.3) is 0 Å². The zero-order valence-electron chi connectivity index (χ0n) is 9.51. The lowest BCUT2D eigenvalue weighted by Gasteiger charge is -2.13. The molecule has 0 aliphatic carbocycles. The molecule has 92 valence electrons. The highest BCUT2D eigenvalue weighted by molar-refractivity contribution is 7.89. The van der Waals surface area contributed by atoms with Crippen LogP contribution in [0.1, 0.15) is 13.8 Å². The average Bonchev–Trinajstić information content (AvgIpc) is 2.61. The van der Waals surface area contributed by atoms with E-state index in [0.29, 0.717) is 0 Å². The zero-order chi connectivity index (χ0) is 12.3. The van der Waals surface area contributed by atoms with E-state index in [9.17, 15) is 8.42 Å². The van der Waals surface area contributed by atoms with Crippen molar-refractivity contribution in [2.45, 2.75) is 24.1 Å². The second-order valence-electron chi connectivity index (χ2n) is 3.96. The number of rotatable bonds is 5. The van der Waals surface area contributed by atoms with Crippen molar-refractivity contribution < 1.29 is 8.42 Å². The third-order valence-corrected chi connectivity index (χ3v) is 4.22. The van der Waals surface area contributed by atoms with E-state index in [4.69, 9.17) is 11.6 Å². The van der Waals surface area contributed by atoms with Crippen molar-refractivity contribution >= 4 is 21.6 Å². The fraction of sp³-hybridized carbons (Fsp3) is 0.667. The van der Waals surface area contributed by atoms with Crippen molar-refractivity contribution in [3.05, 3.63) is 12.4 Å². The van der Waals surface area contributed by atoms with Crippen molar-refractivity contribution in [3.8, 4) is 0 Å². The molecule has 0 amide bonds. The number of halogens is 1. The number of sulfonamides is 1. The van der Waals surface area contributed by atoms with Gasteiger partial charge >= 0.3 is 0 Å². The third-order valence-electron chi connectivity index (χ3n) is 2.18. The molecule has 1 aromatic heterocycles. The molecule has 0 spiro atoms. The second kappa shape index (κ2) is 5.16. The maximum absolute atomic E-state index is 11.7. The van der Waals surface area contributed by atoms with Crippen molar-refractivity contribution in [3.63, 3.8) is 0 Å². The molecule has 1 unspecified atom stereocenters. The molecular weight excluding hydrogens is 250 g/mol. The molecule has 0 aliphatic rings. The van der Waals surface area contributed by atoms with Crippen LogP contribution in [-0.4, -0.2) is 30.1 Å². The van der Waals surface area contributed by atoms with Gasteiger partial charge in [0.05, 0.1) is 6.20 Å². The Kier molecular flexibility index (Phi) is 4.35. The minimum atomic E-state index is -3.49. The molecule has 0 saturated carbocycles. The Balaban J connectivity index is 2.67. The summed E-state index contributed by atoms with van der Waals surface area (Å²) in [6.07, 6.45) is 2.75. The van der Waals surface area contributed by atoms with E-state index in [2.05, 4.69) is 9.82 Å². The van der Waals surface area contributed by atoms with Crippen LogP contribution in [0.15, 0.2) is 17.3 Å². The monoisotopic (exact) mass is 265 g/mol. The minimum Gasteiger partial charge on any atom is -0.274 e. The summed E-state index contributed by atoms with van der Waals surface area (Å²) in [7, 11) is -1.82. The Morgan fingerprint density at radius 2 is 2.19 bits per heavy atom. The summed E-state index contributed by atoms with van der Waals surface area (Å²) in [6.45, 7) is 4.10. The molecule has 1 heterocycles. The zero-order valence-corrected chi connectivity index (χ0v) is 11.1. The second-order valence-corrected chi connectivity index (χ2v) is 6.29. The molecule has 0 aliphatic heterocycles. The van der Waals surface area contributed by atoms with Crippen LogP contribution >= 0.6 is 11.6 Å². The molecule has 0 fully saturated rings. The van der Waals surface area contributed by atoms with Gasteiger partial charge < -0.3 is 0 Å². The molecule has 5 nitrogen and oxygen atoms in total. The molecule has 0 bridgehead atoms. The molecular formula is C9H16ClN3O2S. The maximum atomic E-state index is 11.7. The van der Waals surface area contributed by atoms with E-state index in [-0.39, 0.29) is 22.7 Å². The minimum absolute atomic E-state index is 0.155. The number of aromatic nitrogens is 2. The predicted octanol–water partition coefficient (Wildman–Crippen LogP) is 0.962. The Morgan fingerprint density at radius 3 is 2.62 bits per heavy atom. The van der Waals surface area contributed by atoms with Crippen LogP contribution in [-0.2, 0) is 17.1 Å². The van der Waals surface area contributed by atoms with Gasteiger partial charge in [-0.05, 0) is 5.92 Å². The standard InChI is InChI=1S/C9H16ClN3O2S/c1-7(2)9(10)5-12-16(14,15)8-4-11-13(3)6-8/h4,6-7,9,12H,5H2,1-3H3. The van der Waals surface area contributed by atoms with Crippen LogP contribution in [0.25, 0.3) is 0 Å². The number of aryl methyl sites for hydroxylation is 1. The van der Waals surface area contributed by atoms with E-state index in [1.165, 1.54) is 17.1 Å². The van der Waals surface area contributed by atoms with Crippen molar-refractivity contribution in [2.24, 2.45) is 13.0 Å². The first-order valence-corrected chi connectivity index (χ1v) is 6.87. The number of hydrogen-bond donors (Lipinski definition) is 1. The van der Waals surface area contributed by atoms with Gasteiger partial charge in [-0.1, -0.05) is 13.8 Å². The first-order chi connectivity index (χ1) is 7.33. The normalized spacial score (nSPS) is 14.3. The molecule has 1 rings (SSSR count). The third kappa shape index (κ3) is 3.47. The fourth-order valence-electron chi connectivity index (χ4n) is 1.05. The van der Waals surface area contributed by atoms with E-state index >= 15 is 0 Å². The van der Waals surface area contributed by atoms with Gasteiger partial charge in [0.1, 0.15) is 4.90 Å². The van der Waals surface area contributed by atoms with Gasteiger partial charge in [-0.15, -0.1) is 11.6 Å². The van der Waals surface area contributed by atoms with Crippen LogP contribution in [0.2, 0.25) is 0 Å². The van der Waals surface area contributed by atoms with E-state index < -0.39 is 10.0 Å². The largest absolute Gasteiger partial charge is 0.274 e. The van der Waals surface area contributed by atoms with Crippen molar-refractivity contribution in [2.75, 3.05) is 6.54 Å². The highest BCUT2D eigenvalue weighted by atomic mass is 35.5. The topological polar surface area (TPSA) is 64.0 Å². The predicted molar refractivity (Wildman–Crippen MR) is 62.9 cm³/mol. The summed E-state index contributed by atoms with van der Waals surface area (Å²) in [6, 6.07) is 0. The molecule has 1 N–H and O–H groups in total. The lowest BCUT2D eigenvalue weighted by atomic mass is 10.1. The van der Waals surface area contributed by atoms with Crippen molar-refractivity contribution in [1.82, 2.24) is 14.5 Å². The van der Waals surface area contributed by atoms with Gasteiger partial charge in [0.15, 0.2) is 0 Å². The first kappa shape index (κ1) is 13.5. The first-order valence-electron chi connectivity index (χ1n) is 4.95. The number of hydrogen-bond acceptors (Lipinski definition) is 3. The van der Waals surface area contributed by atoms with Crippen LogP contribution in [0, 0.1) is 5.92 Å². The van der Waals surface area contributed by atoms with Crippen molar-refractivity contribution in [1.29, 1.82) is 0 Å². The highest BCUT2D eigenvalue weighted by Gasteiger charge is 2.18. The fourth-order valence-corrected chi connectivity index (χ4v) is 2.26. The lowest BCUT2D eigenvalue weighted by molar-refractivity contribution is 0.556. The van der Waals surface area contributed by atoms with E-state index in [1.54, 1.807) is 7.05 Å². The number of alkyl halides is 1.